The van der Waals surface area contributed by atoms with E-state index in [1.54, 1.807) is 0 Å². The van der Waals surface area contributed by atoms with Crippen LogP contribution in [0.1, 0.15) is 19.8 Å². The van der Waals surface area contributed by atoms with Gasteiger partial charge in [0.15, 0.2) is 0 Å². The van der Waals surface area contributed by atoms with Crippen LogP contribution in [0.15, 0.2) is 0 Å². The van der Waals surface area contributed by atoms with Crippen molar-refractivity contribution in [3.63, 3.8) is 0 Å². The Kier molecular flexibility index (Phi) is 7.43. The van der Waals surface area contributed by atoms with Crippen molar-refractivity contribution in [1.29, 1.82) is 0 Å². The Bertz CT molecular complexity index is 242. The highest BCUT2D eigenvalue weighted by Gasteiger charge is 2.33. The first-order valence-corrected chi connectivity index (χ1v) is 6.61. The Hall–Kier alpha value is 0.0649. The van der Waals surface area contributed by atoms with Gasteiger partial charge in [-0.1, -0.05) is 13.3 Å². The van der Waals surface area contributed by atoms with Crippen molar-refractivity contribution in [2.75, 3.05) is 14.2 Å². The zero-order valence-corrected chi connectivity index (χ0v) is 10.9. The van der Waals surface area contributed by atoms with Crippen LogP contribution in [0.3, 0.4) is 0 Å². The first-order chi connectivity index (χ1) is 7.37. The number of halogens is 1. The third-order valence-electron chi connectivity index (χ3n) is 2.25. The molecule has 1 N–H and O–H groups in total. The second-order valence-electron chi connectivity index (χ2n) is 3.47. The molecule has 0 aliphatic rings. The van der Waals surface area contributed by atoms with Gasteiger partial charge in [0.2, 0.25) is 0 Å². The van der Waals surface area contributed by atoms with Gasteiger partial charge in [0, 0.05) is 14.2 Å². The highest BCUT2D eigenvalue weighted by Crippen LogP contribution is 2.45. The van der Waals surface area contributed by atoms with E-state index >= 15 is 0 Å². The Morgan fingerprint density at radius 2 is 2.06 bits per heavy atom. The van der Waals surface area contributed by atoms with Crippen molar-refractivity contribution in [1.82, 2.24) is 0 Å². The van der Waals surface area contributed by atoms with Crippen molar-refractivity contribution >= 4 is 15.7 Å². The summed E-state index contributed by atoms with van der Waals surface area (Å²) in [7, 11) is -0.217. The molecule has 0 saturated heterocycles. The average molecular weight is 256 g/mol. The van der Waals surface area contributed by atoms with E-state index in [9.17, 15) is 8.96 Å². The highest BCUT2D eigenvalue weighted by atomic mass is 31.2. The van der Waals surface area contributed by atoms with Crippen molar-refractivity contribution in [2.45, 2.75) is 38.0 Å². The van der Waals surface area contributed by atoms with Crippen LogP contribution in [-0.2, 0) is 18.3 Å². The van der Waals surface area contributed by atoms with Gasteiger partial charge in [-0.2, -0.15) is 0 Å². The van der Waals surface area contributed by atoms with Crippen molar-refractivity contribution in [3.05, 3.63) is 0 Å². The zero-order valence-electron chi connectivity index (χ0n) is 10.1. The Morgan fingerprint density at radius 1 is 1.50 bits per heavy atom. The number of rotatable bonds is 8. The predicted octanol–water partition coefficient (Wildman–Crippen LogP) is 0.862. The molecule has 0 aliphatic heterocycles. The lowest BCUT2D eigenvalue weighted by molar-refractivity contribution is -0.00239. The summed E-state index contributed by atoms with van der Waals surface area (Å²) in [4.78, 5) is 9.13. The van der Waals surface area contributed by atoms with E-state index < -0.39 is 26.1 Å². The highest BCUT2D eigenvalue weighted by molar-refractivity contribution is 7.47. The number of hydrogen-bond acceptors (Lipinski definition) is 4. The number of hydrogen-bond donors (Lipinski definition) is 1. The predicted molar refractivity (Wildman–Crippen MR) is 60.9 cm³/mol. The van der Waals surface area contributed by atoms with Crippen molar-refractivity contribution in [2.24, 2.45) is 0 Å². The van der Waals surface area contributed by atoms with Crippen LogP contribution in [0, 0.1) is 0 Å². The summed E-state index contributed by atoms with van der Waals surface area (Å²) in [6.45, 7) is 1.83. The lowest BCUT2D eigenvalue weighted by Crippen LogP contribution is -2.36. The van der Waals surface area contributed by atoms with Gasteiger partial charge in [-0.25, -0.2) is 8.96 Å². The molecular weight excluding hydrogens is 237 g/mol. The third-order valence-corrected chi connectivity index (χ3v) is 3.25. The fourth-order valence-electron chi connectivity index (χ4n) is 1.20. The second kappa shape index (κ2) is 7.40. The molecule has 0 aromatic heterocycles. The summed E-state index contributed by atoms with van der Waals surface area (Å²) < 4.78 is 38.8. The molecular formula is C8H19BFO5P. The van der Waals surface area contributed by atoms with Crippen LogP contribution >= 0.6 is 7.82 Å². The number of phosphoric acid groups is 1. The van der Waals surface area contributed by atoms with Gasteiger partial charge in [0.05, 0.1) is 6.00 Å². The number of ether oxygens (including phenoxy) is 1. The maximum atomic E-state index is 13.8. The first-order valence-electron chi connectivity index (χ1n) is 5.11. The summed E-state index contributed by atoms with van der Waals surface area (Å²) in [5, 5.41) is 0. The molecule has 0 radical (unpaired) electrons. The molecule has 0 saturated carbocycles. The van der Waals surface area contributed by atoms with Crippen LogP contribution in [-0.4, -0.2) is 45.2 Å². The summed E-state index contributed by atoms with van der Waals surface area (Å²) in [5.41, 5.74) is 0. The Balaban J connectivity index is 4.54. The molecule has 0 rings (SSSR count). The molecule has 0 heterocycles. The third kappa shape index (κ3) is 5.41. The smallest absolute Gasteiger partial charge is 0.387 e. The zero-order chi connectivity index (χ0) is 12.8. The van der Waals surface area contributed by atoms with Crippen LogP contribution in [0.5, 0.6) is 0 Å². The van der Waals surface area contributed by atoms with E-state index in [1.807, 2.05) is 6.92 Å². The molecule has 96 valence electrons. The van der Waals surface area contributed by atoms with E-state index in [4.69, 9.17) is 14.2 Å². The molecule has 16 heavy (non-hydrogen) atoms. The van der Waals surface area contributed by atoms with Gasteiger partial charge in [-0.05, 0) is 6.42 Å². The maximum absolute atomic E-state index is 13.8. The fourth-order valence-corrected chi connectivity index (χ4v) is 1.85. The molecule has 0 aromatic rings. The molecule has 0 amide bonds. The molecule has 0 aliphatic carbocycles. The average Bonchev–Trinajstić information content (AvgIpc) is 2.26. The van der Waals surface area contributed by atoms with Gasteiger partial charge < -0.3 is 9.63 Å². The normalized spacial score (nSPS) is 21.1. The Morgan fingerprint density at radius 3 is 2.44 bits per heavy atom. The number of phosphoric ester groups is 1. The molecule has 0 fully saturated rings. The SMILES string of the molecule is B[C@H](OC)C(F)C(CCC)OP(=O)(O)OC. The standard InChI is InChI=1S/C8H19BFO5P/c1-4-5-6(7(10)8(9)13-2)15-16(11,12)14-3/h6-8H,4-5,9H2,1-3H3,(H,11,12)/t6?,7?,8-/m1/s1. The quantitative estimate of drug-likeness (QED) is 0.515. The summed E-state index contributed by atoms with van der Waals surface area (Å²) in [6, 6.07) is -0.701. The van der Waals surface area contributed by atoms with Crippen LogP contribution in [0.25, 0.3) is 0 Å². The molecule has 3 unspecified atom stereocenters. The van der Waals surface area contributed by atoms with Gasteiger partial charge in [-0.3, -0.25) is 9.05 Å². The van der Waals surface area contributed by atoms with Gasteiger partial charge in [-0.15, -0.1) is 0 Å². The van der Waals surface area contributed by atoms with E-state index in [2.05, 4.69) is 4.52 Å². The van der Waals surface area contributed by atoms with Gasteiger partial charge >= 0.3 is 7.82 Å². The molecule has 0 aromatic carbocycles. The fraction of sp³-hybridized carbons (Fsp3) is 1.00. The van der Waals surface area contributed by atoms with E-state index in [0.717, 1.165) is 7.11 Å². The van der Waals surface area contributed by atoms with E-state index in [0.29, 0.717) is 12.8 Å². The molecule has 4 atom stereocenters. The lowest BCUT2D eigenvalue weighted by Gasteiger charge is -2.25. The summed E-state index contributed by atoms with van der Waals surface area (Å²) in [5.74, 6) is 0. The van der Waals surface area contributed by atoms with E-state index in [-0.39, 0.29) is 0 Å². The monoisotopic (exact) mass is 256 g/mol. The van der Waals surface area contributed by atoms with Crippen LogP contribution < -0.4 is 0 Å². The molecule has 8 heteroatoms. The second-order valence-corrected chi connectivity index (χ2v) is 4.98. The lowest BCUT2D eigenvalue weighted by atomic mass is 9.91. The number of alkyl halides is 1. The number of methoxy groups -OCH3 is 1. The Labute approximate surface area is 96.3 Å². The molecule has 5 nitrogen and oxygen atoms in total. The first kappa shape index (κ1) is 16.1. The summed E-state index contributed by atoms with van der Waals surface area (Å²) in [6.07, 6.45) is -1.52. The minimum absolute atomic E-state index is 0.322. The maximum Gasteiger partial charge on any atom is 0.472 e. The minimum atomic E-state index is -4.16. The van der Waals surface area contributed by atoms with E-state index in [1.165, 1.54) is 15.0 Å². The van der Waals surface area contributed by atoms with Gasteiger partial charge in [0.1, 0.15) is 20.1 Å². The largest absolute Gasteiger partial charge is 0.472 e. The minimum Gasteiger partial charge on any atom is -0.387 e. The molecule has 0 bridgehead atoms. The van der Waals surface area contributed by atoms with Gasteiger partial charge in [0.25, 0.3) is 0 Å². The van der Waals surface area contributed by atoms with Crippen molar-refractivity contribution in [3.8, 4) is 0 Å². The molecule has 0 spiro atoms. The topological polar surface area (TPSA) is 65.0 Å². The summed E-state index contributed by atoms with van der Waals surface area (Å²) >= 11 is 0. The van der Waals surface area contributed by atoms with Crippen LogP contribution in [0.2, 0.25) is 0 Å². The van der Waals surface area contributed by atoms with Crippen LogP contribution in [0.4, 0.5) is 4.39 Å². The van der Waals surface area contributed by atoms with Crippen molar-refractivity contribution < 1.29 is 27.6 Å².